The van der Waals surface area contributed by atoms with Crippen molar-refractivity contribution >= 4 is 29.3 Å². The van der Waals surface area contributed by atoms with Crippen LogP contribution in [0.15, 0.2) is 109 Å². The van der Waals surface area contributed by atoms with E-state index in [0.717, 1.165) is 22.3 Å². The Morgan fingerprint density at radius 2 is 1.62 bits per heavy atom. The van der Waals surface area contributed by atoms with Crippen molar-refractivity contribution in [3.8, 4) is 5.75 Å². The highest BCUT2D eigenvalue weighted by Crippen LogP contribution is 2.33. The molecule has 4 N–H and O–H groups in total. The fraction of sp³-hybridized carbons (Fsp3) is 0.182. The molecular weight excluding hydrogens is 532 g/mol. The normalized spacial score (nSPS) is 13.8. The van der Waals surface area contributed by atoms with Crippen molar-refractivity contribution in [2.75, 3.05) is 17.7 Å². The van der Waals surface area contributed by atoms with Gasteiger partial charge < -0.3 is 30.7 Å². The minimum atomic E-state index is -0.910. The number of para-hydroxylation sites is 1. The number of benzene rings is 3. The lowest BCUT2D eigenvalue weighted by Gasteiger charge is -2.27. The first-order valence-electron chi connectivity index (χ1n) is 13.4. The maximum absolute atomic E-state index is 12.7. The number of carboxylic acids is 1. The number of anilines is 2. The zero-order valence-electron chi connectivity index (χ0n) is 23.7. The summed E-state index contributed by atoms with van der Waals surface area (Å²) in [5, 5.41) is 18.2. The molecule has 1 heterocycles. The number of hydrogen-bond acceptors (Lipinski definition) is 5. The van der Waals surface area contributed by atoms with Gasteiger partial charge in [0, 0.05) is 25.0 Å². The lowest BCUT2D eigenvalue weighted by Crippen LogP contribution is -2.27. The van der Waals surface area contributed by atoms with Gasteiger partial charge in [0.2, 0.25) is 5.91 Å². The average molecular weight is 567 g/mol. The van der Waals surface area contributed by atoms with Crippen molar-refractivity contribution in [3.63, 3.8) is 0 Å². The van der Waals surface area contributed by atoms with Gasteiger partial charge >= 0.3 is 12.0 Å². The summed E-state index contributed by atoms with van der Waals surface area (Å²) >= 11 is 0. The van der Waals surface area contributed by atoms with Gasteiger partial charge in [-0.15, -0.1) is 0 Å². The number of aliphatic carboxylic acids is 1. The molecule has 4 rings (SSSR count). The van der Waals surface area contributed by atoms with E-state index in [4.69, 9.17) is 4.74 Å². The predicted molar refractivity (Wildman–Crippen MR) is 163 cm³/mol. The summed E-state index contributed by atoms with van der Waals surface area (Å²) in [5.74, 6) is -0.720. The van der Waals surface area contributed by atoms with E-state index in [1.165, 1.54) is 14.0 Å². The zero-order chi connectivity index (χ0) is 30.1. The van der Waals surface area contributed by atoms with Gasteiger partial charge in [-0.25, -0.2) is 4.79 Å². The summed E-state index contributed by atoms with van der Waals surface area (Å²) in [6, 6.07) is 20.8. The van der Waals surface area contributed by atoms with Gasteiger partial charge in [-0.2, -0.15) is 0 Å². The van der Waals surface area contributed by atoms with Crippen molar-refractivity contribution < 1.29 is 24.2 Å². The molecule has 9 heteroatoms. The number of urea groups is 1. The first-order chi connectivity index (χ1) is 20.2. The van der Waals surface area contributed by atoms with Crippen LogP contribution in [-0.4, -0.2) is 35.0 Å². The van der Waals surface area contributed by atoms with Crippen LogP contribution in [-0.2, 0) is 9.59 Å². The maximum atomic E-state index is 12.7. The number of amides is 3. The van der Waals surface area contributed by atoms with Crippen LogP contribution in [0.25, 0.3) is 0 Å². The topological polar surface area (TPSA) is 120 Å². The molecule has 0 saturated heterocycles. The van der Waals surface area contributed by atoms with Crippen molar-refractivity contribution in [1.29, 1.82) is 0 Å². The molecule has 9 nitrogen and oxygen atoms in total. The van der Waals surface area contributed by atoms with Crippen molar-refractivity contribution in [2.24, 2.45) is 0 Å². The van der Waals surface area contributed by atoms with E-state index in [9.17, 15) is 19.5 Å². The Balaban J connectivity index is 1.58. The van der Waals surface area contributed by atoms with Gasteiger partial charge in [0.25, 0.3) is 0 Å². The second kappa shape index (κ2) is 13.8. The van der Waals surface area contributed by atoms with Crippen molar-refractivity contribution in [1.82, 2.24) is 10.2 Å². The summed E-state index contributed by atoms with van der Waals surface area (Å²) in [6.07, 6.45) is 9.08. The SMILES string of the molecule is COc1cc(C(NC(C)=O)C2=CC=CN(C(CC(=O)O)c3ccccc3)C=C2)ccc1NC(=O)Nc1ccccc1C. The number of rotatable bonds is 10. The standard InChI is InChI=1S/C33H34N4O5/c1-22-10-7-8-14-27(22)35-33(41)36-28-16-15-26(20-30(28)42-3)32(34-23(2)38)25-13-9-18-37(19-17-25)29(21-31(39)40)24-11-5-4-6-12-24/h4-20,29,32H,21H2,1-3H3,(H,34,38)(H,39,40)(H2,35,36,41). The fourth-order valence-corrected chi connectivity index (χ4v) is 4.71. The summed E-state index contributed by atoms with van der Waals surface area (Å²) in [7, 11) is 1.51. The predicted octanol–water partition coefficient (Wildman–Crippen LogP) is 6.31. The van der Waals surface area contributed by atoms with Crippen LogP contribution in [0, 0.1) is 6.92 Å². The second-order valence-electron chi connectivity index (χ2n) is 9.78. The van der Waals surface area contributed by atoms with Crippen LogP contribution in [0.4, 0.5) is 16.2 Å². The third kappa shape index (κ3) is 7.66. The highest BCUT2D eigenvalue weighted by atomic mass is 16.5. The van der Waals surface area contributed by atoms with Gasteiger partial charge in [-0.3, -0.25) is 9.59 Å². The Morgan fingerprint density at radius 1 is 0.905 bits per heavy atom. The molecule has 0 aromatic heterocycles. The Kier molecular flexibility index (Phi) is 9.78. The Hall–Kier alpha value is -5.31. The van der Waals surface area contributed by atoms with Gasteiger partial charge in [-0.05, 0) is 59.5 Å². The number of nitrogens with zero attached hydrogens (tertiary/aromatic N) is 1. The molecule has 0 spiro atoms. The van der Waals surface area contributed by atoms with Gasteiger partial charge in [0.15, 0.2) is 0 Å². The Bertz CT molecular complexity index is 1530. The number of aryl methyl sites for hydroxylation is 1. The number of carbonyl (C=O) groups is 3. The lowest BCUT2D eigenvalue weighted by atomic mass is 9.97. The minimum absolute atomic E-state index is 0.0910. The number of allylic oxidation sites excluding steroid dienone is 2. The van der Waals surface area contributed by atoms with Crippen LogP contribution >= 0.6 is 0 Å². The van der Waals surface area contributed by atoms with Gasteiger partial charge in [0.05, 0.1) is 31.3 Å². The molecule has 216 valence electrons. The molecule has 2 unspecified atom stereocenters. The first-order valence-corrected chi connectivity index (χ1v) is 13.4. The third-order valence-corrected chi connectivity index (χ3v) is 6.78. The number of ether oxygens (including phenoxy) is 1. The molecule has 0 fully saturated rings. The smallest absolute Gasteiger partial charge is 0.323 e. The van der Waals surface area contributed by atoms with Crippen LogP contribution in [0.5, 0.6) is 5.75 Å². The first kappa shape index (κ1) is 29.7. The summed E-state index contributed by atoms with van der Waals surface area (Å²) < 4.78 is 5.59. The van der Waals surface area contributed by atoms with E-state index in [2.05, 4.69) is 16.0 Å². The van der Waals surface area contributed by atoms with Crippen molar-refractivity contribution in [2.45, 2.75) is 32.4 Å². The molecule has 2 atom stereocenters. The molecule has 1 aliphatic rings. The van der Waals surface area contributed by atoms with E-state index in [0.29, 0.717) is 17.1 Å². The number of hydrogen-bond donors (Lipinski definition) is 4. The van der Waals surface area contributed by atoms with Crippen LogP contribution < -0.4 is 20.7 Å². The molecule has 1 aliphatic heterocycles. The molecule has 0 aliphatic carbocycles. The third-order valence-electron chi connectivity index (χ3n) is 6.78. The molecule has 3 aromatic carbocycles. The quantitative estimate of drug-likeness (QED) is 0.228. The second-order valence-corrected chi connectivity index (χ2v) is 9.78. The largest absolute Gasteiger partial charge is 0.495 e. The van der Waals surface area contributed by atoms with E-state index in [-0.39, 0.29) is 12.3 Å². The van der Waals surface area contributed by atoms with Crippen LogP contribution in [0.2, 0.25) is 0 Å². The molecule has 0 bridgehead atoms. The van der Waals surface area contributed by atoms with E-state index >= 15 is 0 Å². The molecular formula is C33H34N4O5. The minimum Gasteiger partial charge on any atom is -0.495 e. The molecule has 0 saturated carbocycles. The summed E-state index contributed by atoms with van der Waals surface area (Å²) in [5.41, 5.74) is 4.47. The Labute approximate surface area is 245 Å². The number of carbonyl (C=O) groups excluding carboxylic acids is 2. The summed E-state index contributed by atoms with van der Waals surface area (Å²) in [6.45, 7) is 3.35. The van der Waals surface area contributed by atoms with Crippen molar-refractivity contribution in [3.05, 3.63) is 126 Å². The van der Waals surface area contributed by atoms with Crippen LogP contribution in [0.3, 0.4) is 0 Å². The van der Waals surface area contributed by atoms with Gasteiger partial charge in [0.1, 0.15) is 5.75 Å². The number of nitrogens with one attached hydrogen (secondary N) is 3. The monoisotopic (exact) mass is 566 g/mol. The zero-order valence-corrected chi connectivity index (χ0v) is 23.7. The van der Waals surface area contributed by atoms with Gasteiger partial charge in [-0.1, -0.05) is 60.7 Å². The molecule has 3 aromatic rings. The van der Waals surface area contributed by atoms with E-state index < -0.39 is 24.1 Å². The number of carboxylic acid groups (broad SMARTS) is 1. The van der Waals surface area contributed by atoms with E-state index in [1.54, 1.807) is 12.1 Å². The highest BCUT2D eigenvalue weighted by Gasteiger charge is 2.23. The highest BCUT2D eigenvalue weighted by molar-refractivity contribution is 6.01. The molecule has 0 radical (unpaired) electrons. The fourth-order valence-electron chi connectivity index (χ4n) is 4.71. The molecule has 3 amide bonds. The Morgan fingerprint density at radius 3 is 2.31 bits per heavy atom. The lowest BCUT2D eigenvalue weighted by molar-refractivity contribution is -0.138. The average Bonchev–Trinajstić information content (AvgIpc) is 3.22. The molecule has 42 heavy (non-hydrogen) atoms. The summed E-state index contributed by atoms with van der Waals surface area (Å²) in [4.78, 5) is 38.5. The maximum Gasteiger partial charge on any atom is 0.323 e. The number of methoxy groups -OCH3 is 1. The van der Waals surface area contributed by atoms with Crippen LogP contribution in [0.1, 0.15) is 42.1 Å². The van der Waals surface area contributed by atoms with E-state index in [1.807, 2.05) is 103 Å².